The van der Waals surface area contributed by atoms with Gasteiger partial charge in [-0.05, 0) is 0 Å². The van der Waals surface area contributed by atoms with Crippen molar-refractivity contribution < 1.29 is 35.0 Å². The molecule has 5 heavy (non-hydrogen) atoms. The Kier molecular flexibility index (Phi) is 34000. The van der Waals surface area contributed by atoms with E-state index in [1.165, 1.54) is 0 Å². The molecule has 0 aliphatic heterocycles. The molecule has 1 radical (unpaired) electrons. The molecule has 0 aromatic carbocycles. The Morgan fingerprint density at radius 1 is 0.800 bits per heavy atom. The van der Waals surface area contributed by atoms with E-state index in [0.717, 1.165) is 0 Å². The van der Waals surface area contributed by atoms with E-state index in [4.69, 9.17) is 0 Å². The van der Waals surface area contributed by atoms with Gasteiger partial charge in [0, 0.05) is 18.6 Å². The number of hydrogen-bond donors (Lipinski definition) is 1. The second-order valence-electron chi connectivity index (χ2n) is 0. The molecule has 0 aromatic rings. The van der Waals surface area contributed by atoms with Crippen LogP contribution in [0.1, 0.15) is 0 Å². The molecule has 0 saturated carbocycles. The third kappa shape index (κ3) is 144. The van der Waals surface area contributed by atoms with Crippen LogP contribution in [-0.4, -0.2) is 16.4 Å². The van der Waals surface area contributed by atoms with Crippen LogP contribution >= 0.6 is 0 Å². The van der Waals surface area contributed by atoms with E-state index >= 15 is 0 Å². The van der Waals surface area contributed by atoms with E-state index < -0.39 is 0 Å². The third-order valence-electron chi connectivity index (χ3n) is 0. The molecule has 0 bridgehead atoms. The zero-order chi connectivity index (χ0) is 0. The summed E-state index contributed by atoms with van der Waals surface area (Å²) in [4.78, 5) is 0. The Balaban J connectivity index is 0. The normalized spacial score (nSPS) is 0. The molecule has 0 fully saturated rings. The van der Waals surface area contributed by atoms with Crippen molar-refractivity contribution in [2.45, 2.75) is 0 Å². The van der Waals surface area contributed by atoms with Gasteiger partial charge in [0.2, 0.25) is 0 Å². The second-order valence-corrected chi connectivity index (χ2v) is 0. The maximum absolute atomic E-state index is 0. The minimum atomic E-state index is 0. The van der Waals surface area contributed by atoms with Gasteiger partial charge in [-0.15, -0.1) is 0 Å². The van der Waals surface area contributed by atoms with Crippen LogP contribution in [0.15, 0.2) is 0 Å². The molecule has 9 N–H and O–H groups in total. The SMILES string of the molecule is O.O.[NH4+].[OH-].[V]. The molecule has 0 aliphatic rings. The summed E-state index contributed by atoms with van der Waals surface area (Å²) in [6.07, 6.45) is 0. The summed E-state index contributed by atoms with van der Waals surface area (Å²) in [5.41, 5.74) is 0. The standard InChI is InChI=1S/H3N.3H2O.V/h1H3;3*1H2;. The monoisotopic (exact) mass is 122 g/mol. The van der Waals surface area contributed by atoms with Crippen LogP contribution in [-0.2, 0) is 18.6 Å². The van der Waals surface area contributed by atoms with Crippen LogP contribution in [0.2, 0.25) is 0 Å². The van der Waals surface area contributed by atoms with E-state index in [1.807, 2.05) is 0 Å². The molecule has 0 amide bonds. The van der Waals surface area contributed by atoms with Gasteiger partial charge in [-0.1, -0.05) is 0 Å². The van der Waals surface area contributed by atoms with Crippen molar-refractivity contribution in [3.8, 4) is 0 Å². The van der Waals surface area contributed by atoms with Crippen molar-refractivity contribution >= 4 is 0 Å². The minimum absolute atomic E-state index is 0. The molecule has 0 unspecified atom stereocenters. The minimum Gasteiger partial charge on any atom is -0.870 e. The molecule has 37 valence electrons. The van der Waals surface area contributed by atoms with Crippen LogP contribution < -0.4 is 6.15 Å². The van der Waals surface area contributed by atoms with Crippen molar-refractivity contribution in [2.75, 3.05) is 0 Å². The predicted molar refractivity (Wildman–Crippen MR) is 15.1 cm³/mol. The Morgan fingerprint density at radius 3 is 0.800 bits per heavy atom. The maximum Gasteiger partial charge on any atom is 0 e. The molecule has 0 aromatic heterocycles. The molecule has 0 heterocycles. The van der Waals surface area contributed by atoms with Crippen LogP contribution in [0.4, 0.5) is 0 Å². The number of quaternary nitrogens is 1. The molecular formula is H9NO3V. The maximum atomic E-state index is 0. The summed E-state index contributed by atoms with van der Waals surface area (Å²) >= 11 is 0. The van der Waals surface area contributed by atoms with Crippen LogP contribution in [0.5, 0.6) is 0 Å². The van der Waals surface area contributed by atoms with Gasteiger partial charge in [0.15, 0.2) is 0 Å². The Morgan fingerprint density at radius 2 is 0.800 bits per heavy atom. The van der Waals surface area contributed by atoms with Crippen LogP contribution in [0, 0.1) is 0 Å². The topological polar surface area (TPSA) is 130 Å². The summed E-state index contributed by atoms with van der Waals surface area (Å²) in [6.45, 7) is 0. The van der Waals surface area contributed by atoms with Gasteiger partial charge in [-0.25, -0.2) is 0 Å². The van der Waals surface area contributed by atoms with Crippen LogP contribution in [0.3, 0.4) is 0 Å². The predicted octanol–water partition coefficient (Wildman–Crippen LogP) is -1.45. The van der Waals surface area contributed by atoms with Crippen molar-refractivity contribution in [3.63, 3.8) is 0 Å². The summed E-state index contributed by atoms with van der Waals surface area (Å²) < 4.78 is 0. The molecule has 5 heteroatoms. The first-order chi connectivity index (χ1) is 0. The molecule has 0 aliphatic carbocycles. The Labute approximate surface area is 42.0 Å². The van der Waals surface area contributed by atoms with Crippen molar-refractivity contribution in [1.82, 2.24) is 6.15 Å². The largest absolute Gasteiger partial charge is 0.870 e. The van der Waals surface area contributed by atoms with E-state index in [9.17, 15) is 0 Å². The van der Waals surface area contributed by atoms with Crippen LogP contribution in [0.25, 0.3) is 0 Å². The van der Waals surface area contributed by atoms with Gasteiger partial charge in [-0.3, -0.25) is 0 Å². The Hall–Kier alpha value is 0.424. The molecule has 4 nitrogen and oxygen atoms in total. The average molecular weight is 122 g/mol. The first kappa shape index (κ1) is 589. The van der Waals surface area contributed by atoms with Gasteiger partial charge in [-0.2, -0.15) is 0 Å². The Bertz CT molecular complexity index is 6.85. The number of rotatable bonds is 0. The average Bonchev–Trinajstić information content (AvgIpc) is 0. The van der Waals surface area contributed by atoms with Gasteiger partial charge in [0.1, 0.15) is 0 Å². The molecular weight excluding hydrogens is 113 g/mol. The summed E-state index contributed by atoms with van der Waals surface area (Å²) in [6, 6.07) is 0. The summed E-state index contributed by atoms with van der Waals surface area (Å²) in [5.74, 6) is 0. The molecule has 0 spiro atoms. The van der Waals surface area contributed by atoms with Gasteiger partial charge in [0.25, 0.3) is 0 Å². The van der Waals surface area contributed by atoms with Gasteiger partial charge < -0.3 is 22.6 Å². The van der Waals surface area contributed by atoms with E-state index in [-0.39, 0.29) is 41.1 Å². The van der Waals surface area contributed by atoms with Crippen molar-refractivity contribution in [2.24, 2.45) is 0 Å². The fraction of sp³-hybridized carbons (Fsp3) is 0. The molecule has 0 rings (SSSR count). The van der Waals surface area contributed by atoms with E-state index in [0.29, 0.717) is 0 Å². The summed E-state index contributed by atoms with van der Waals surface area (Å²) in [5, 5.41) is 0. The quantitative estimate of drug-likeness (QED) is 0.413. The number of hydrogen-bond acceptors (Lipinski definition) is 1. The smallest absolute Gasteiger partial charge is 0 e. The zero-order valence-corrected chi connectivity index (χ0v) is 4.29. The van der Waals surface area contributed by atoms with Crippen molar-refractivity contribution in [3.05, 3.63) is 0 Å². The first-order valence-corrected chi connectivity index (χ1v) is 0. The van der Waals surface area contributed by atoms with E-state index in [1.54, 1.807) is 0 Å². The molecule has 0 atom stereocenters. The fourth-order valence-electron chi connectivity index (χ4n) is 0. The fourth-order valence-corrected chi connectivity index (χ4v) is 0. The van der Waals surface area contributed by atoms with Crippen molar-refractivity contribution in [1.29, 1.82) is 0 Å². The molecule has 0 saturated heterocycles. The summed E-state index contributed by atoms with van der Waals surface area (Å²) in [7, 11) is 0. The van der Waals surface area contributed by atoms with Gasteiger partial charge in [0.05, 0.1) is 0 Å². The van der Waals surface area contributed by atoms with Gasteiger partial charge >= 0.3 is 0 Å². The second kappa shape index (κ2) is 288. The third-order valence-corrected chi connectivity index (χ3v) is 0. The van der Waals surface area contributed by atoms with E-state index in [2.05, 4.69) is 0 Å². The zero-order valence-electron chi connectivity index (χ0n) is 2.89. The first-order valence-electron chi connectivity index (χ1n) is 0.